The van der Waals surface area contributed by atoms with Crippen LogP contribution < -0.4 is 0 Å². The molecule has 50 heavy (non-hydrogen) atoms. The molecule has 1 fully saturated rings. The van der Waals surface area contributed by atoms with E-state index < -0.39 is 30.4 Å². The van der Waals surface area contributed by atoms with Crippen molar-refractivity contribution in [2.45, 2.75) is 37.9 Å². The average molecular weight is 687 g/mol. The molecule has 4 aromatic rings. The van der Waals surface area contributed by atoms with Gasteiger partial charge in [0.2, 0.25) is 0 Å². The van der Waals surface area contributed by atoms with Crippen LogP contribution in [0.1, 0.15) is 57.3 Å². The fourth-order valence-corrected chi connectivity index (χ4v) is 8.65. The van der Waals surface area contributed by atoms with Gasteiger partial charge in [-0.25, -0.2) is 0 Å². The summed E-state index contributed by atoms with van der Waals surface area (Å²) in [6, 6.07) is 23.9. The lowest BCUT2D eigenvalue weighted by Gasteiger charge is -2.37. The predicted octanol–water partition coefficient (Wildman–Crippen LogP) is 7.49. The van der Waals surface area contributed by atoms with Crippen LogP contribution in [0.3, 0.4) is 0 Å². The number of Topliss-reactive ketones (excluding diaryl/α,β-unsaturated/α-hetero) is 1. The molecule has 1 heterocycles. The highest BCUT2D eigenvalue weighted by Gasteiger charge is 2.45. The van der Waals surface area contributed by atoms with Crippen LogP contribution in [0.5, 0.6) is 0 Å². The van der Waals surface area contributed by atoms with Crippen LogP contribution in [-0.2, 0) is 4.57 Å². The minimum atomic E-state index is -5.05. The summed E-state index contributed by atoms with van der Waals surface area (Å²) in [7, 11) is -3.36. The van der Waals surface area contributed by atoms with Gasteiger partial charge in [-0.3, -0.25) is 18.9 Å². The molecule has 0 spiro atoms. The molecule has 2 amide bonds. The number of benzene rings is 4. The summed E-state index contributed by atoms with van der Waals surface area (Å²) in [6.45, 7) is 2.90. The van der Waals surface area contributed by atoms with Crippen LogP contribution in [-0.4, -0.2) is 69.0 Å². The van der Waals surface area contributed by atoms with Crippen molar-refractivity contribution in [1.29, 1.82) is 0 Å². The van der Waals surface area contributed by atoms with Crippen LogP contribution in [0.2, 0.25) is 0 Å². The fraction of sp³-hybridized carbons (Fsp3) is 0.244. The Morgan fingerprint density at radius 3 is 2.12 bits per heavy atom. The largest absolute Gasteiger partial charge is 0.340 e. The molecule has 8 nitrogen and oxygen atoms in total. The molecular formula is C41H39N2O6P. The standard InChI is InChI=1S/C41H39N2O6P/c1-41-20-8-7-15-36(41)33(14-9-21-41)38(50(47,48)49)37(44)34-25-29-12-5-6-13-30(29)26-35(34)40(46)42(2)32-18-22-43(23-19-32)39(45)31-17-16-27-10-3-4-11-28(27)24-31/h3-17,21,24-26,32,38H,18-20,22-23H2,1-2H3,(H2,47,48,49). The quantitative estimate of drug-likeness (QED) is 0.154. The van der Waals surface area contributed by atoms with Gasteiger partial charge in [0.15, 0.2) is 5.78 Å². The van der Waals surface area contributed by atoms with Gasteiger partial charge in [-0.1, -0.05) is 98.0 Å². The minimum absolute atomic E-state index is 0.0260. The topological polar surface area (TPSA) is 115 Å². The summed E-state index contributed by atoms with van der Waals surface area (Å²) >= 11 is 0. The second-order valence-corrected chi connectivity index (χ2v) is 15.4. The fourth-order valence-electron chi connectivity index (χ4n) is 7.61. The SMILES string of the molecule is CN(C(=O)c1cc2ccccc2cc1C(=O)C(C1=CC=CC2(C)CC=CC=C12)P(=O)(O)O)C1CCN(C(=O)c2ccc3ccccc3c2)CC1. The monoisotopic (exact) mass is 686 g/mol. The zero-order valence-corrected chi connectivity index (χ0v) is 28.9. The summed E-state index contributed by atoms with van der Waals surface area (Å²) in [6.07, 6.45) is 12.7. The van der Waals surface area contributed by atoms with Crippen molar-refractivity contribution in [2.24, 2.45) is 5.41 Å². The van der Waals surface area contributed by atoms with Crippen molar-refractivity contribution in [3.05, 3.63) is 143 Å². The van der Waals surface area contributed by atoms with Gasteiger partial charge < -0.3 is 19.6 Å². The molecule has 0 saturated carbocycles. The summed E-state index contributed by atoms with van der Waals surface area (Å²) in [5.74, 6) is -1.26. The van der Waals surface area contributed by atoms with E-state index in [0.717, 1.165) is 16.2 Å². The second kappa shape index (κ2) is 13.1. The smallest absolute Gasteiger partial charge is 0.339 e. The number of hydrogen-bond acceptors (Lipinski definition) is 4. The van der Waals surface area contributed by atoms with Gasteiger partial charge in [-0.2, -0.15) is 0 Å². The highest BCUT2D eigenvalue weighted by Crippen LogP contribution is 2.53. The second-order valence-electron chi connectivity index (χ2n) is 13.7. The zero-order valence-electron chi connectivity index (χ0n) is 28.0. The molecule has 2 N–H and O–H groups in total. The van der Waals surface area contributed by atoms with E-state index in [-0.39, 0.29) is 28.6 Å². The number of piperidine rings is 1. The first-order valence-electron chi connectivity index (χ1n) is 16.9. The summed E-state index contributed by atoms with van der Waals surface area (Å²) in [5.41, 5.74) is -0.667. The predicted molar refractivity (Wildman–Crippen MR) is 196 cm³/mol. The number of rotatable bonds is 7. The summed E-state index contributed by atoms with van der Waals surface area (Å²) in [4.78, 5) is 67.3. The molecule has 1 saturated heterocycles. The molecule has 0 aromatic heterocycles. The third-order valence-corrected chi connectivity index (χ3v) is 11.7. The van der Waals surface area contributed by atoms with Gasteiger partial charge in [0.1, 0.15) is 5.66 Å². The van der Waals surface area contributed by atoms with E-state index in [2.05, 4.69) is 0 Å². The third-order valence-electron chi connectivity index (χ3n) is 10.5. The lowest BCUT2D eigenvalue weighted by molar-refractivity contribution is 0.0567. The molecule has 9 heteroatoms. The number of hydrogen-bond donors (Lipinski definition) is 2. The zero-order chi connectivity index (χ0) is 35.2. The van der Waals surface area contributed by atoms with E-state index in [9.17, 15) is 28.7 Å². The van der Waals surface area contributed by atoms with Crippen LogP contribution in [0.25, 0.3) is 21.5 Å². The number of amides is 2. The molecule has 4 aromatic carbocycles. The van der Waals surface area contributed by atoms with Crippen LogP contribution in [0.15, 0.2) is 126 Å². The summed E-state index contributed by atoms with van der Waals surface area (Å²) < 4.78 is 13.2. The van der Waals surface area contributed by atoms with E-state index in [0.29, 0.717) is 48.9 Å². The van der Waals surface area contributed by atoms with E-state index >= 15 is 0 Å². The number of nitrogens with zero attached hydrogens (tertiary/aromatic N) is 2. The molecule has 3 aliphatic rings. The van der Waals surface area contributed by atoms with Crippen molar-refractivity contribution in [3.8, 4) is 0 Å². The molecule has 0 bridgehead atoms. The first kappa shape index (κ1) is 33.6. The minimum Gasteiger partial charge on any atom is -0.339 e. The number of fused-ring (bicyclic) bond motifs is 3. The number of carbonyl (C=O) groups excluding carboxylic acids is 3. The van der Waals surface area contributed by atoms with Gasteiger partial charge in [-0.15, -0.1) is 0 Å². The Labute approximate surface area is 291 Å². The van der Waals surface area contributed by atoms with Crippen molar-refractivity contribution in [3.63, 3.8) is 0 Å². The first-order chi connectivity index (χ1) is 23.9. The van der Waals surface area contributed by atoms with Crippen molar-refractivity contribution < 1.29 is 28.7 Å². The van der Waals surface area contributed by atoms with Crippen LogP contribution >= 0.6 is 7.60 Å². The van der Waals surface area contributed by atoms with Gasteiger partial charge >= 0.3 is 7.60 Å². The molecule has 7 rings (SSSR count). The van der Waals surface area contributed by atoms with Gasteiger partial charge in [0.25, 0.3) is 11.8 Å². The maximum Gasteiger partial charge on any atom is 0.340 e. The van der Waals surface area contributed by atoms with Crippen molar-refractivity contribution in [2.75, 3.05) is 20.1 Å². The summed E-state index contributed by atoms with van der Waals surface area (Å²) in [5, 5.41) is 3.48. The molecule has 2 aliphatic carbocycles. The Balaban J connectivity index is 1.17. The molecule has 0 radical (unpaired) electrons. The van der Waals surface area contributed by atoms with E-state index in [1.165, 1.54) is 0 Å². The highest BCUT2D eigenvalue weighted by molar-refractivity contribution is 7.54. The van der Waals surface area contributed by atoms with Crippen LogP contribution in [0.4, 0.5) is 0 Å². The Morgan fingerprint density at radius 1 is 0.840 bits per heavy atom. The lowest BCUT2D eigenvalue weighted by atomic mass is 9.70. The average Bonchev–Trinajstić information content (AvgIpc) is 3.12. The number of allylic oxidation sites excluding steroid dienone is 8. The van der Waals surface area contributed by atoms with Gasteiger partial charge in [0, 0.05) is 42.7 Å². The molecule has 1 aliphatic heterocycles. The molecule has 254 valence electrons. The Bertz CT molecular complexity index is 2220. The molecule has 2 unspecified atom stereocenters. The van der Waals surface area contributed by atoms with E-state index in [1.807, 2.05) is 103 Å². The number of likely N-dealkylation sites (tertiary alicyclic amines) is 1. The Hall–Kier alpha value is -4.88. The van der Waals surface area contributed by atoms with E-state index in [4.69, 9.17) is 0 Å². The third kappa shape index (κ3) is 6.20. The van der Waals surface area contributed by atoms with Gasteiger partial charge in [-0.05, 0) is 76.2 Å². The van der Waals surface area contributed by atoms with Gasteiger partial charge in [0.05, 0.1) is 5.56 Å². The Morgan fingerprint density at radius 2 is 1.46 bits per heavy atom. The maximum atomic E-state index is 14.6. The Kier molecular flexibility index (Phi) is 8.81. The molecule has 2 atom stereocenters. The molecular weight excluding hydrogens is 647 g/mol. The highest BCUT2D eigenvalue weighted by atomic mass is 31.2. The van der Waals surface area contributed by atoms with Crippen molar-refractivity contribution >= 4 is 46.7 Å². The normalized spacial score (nSPS) is 19.9. The maximum absolute atomic E-state index is 14.6. The van der Waals surface area contributed by atoms with E-state index in [1.54, 1.807) is 36.2 Å². The lowest BCUT2D eigenvalue weighted by Crippen LogP contribution is -2.47. The number of carbonyl (C=O) groups is 3. The van der Waals surface area contributed by atoms with Crippen LogP contribution in [0, 0.1) is 5.41 Å². The van der Waals surface area contributed by atoms with Crippen molar-refractivity contribution in [1.82, 2.24) is 9.80 Å². The first-order valence-corrected chi connectivity index (χ1v) is 18.6. The number of ketones is 1.